The van der Waals surface area contributed by atoms with Crippen LogP contribution in [0.1, 0.15) is 25.3 Å². The molecule has 96 valence electrons. The van der Waals surface area contributed by atoms with Gasteiger partial charge in [-0.05, 0) is 24.1 Å². The number of urea groups is 1. The SMILES string of the molecule is CCC[C@@H]1NC(=O)N(Cc2ccc(Cl)cc2)C1=O. The number of carbonyl (C=O) groups excluding carboxylic acids is 2. The van der Waals surface area contributed by atoms with Crippen molar-refractivity contribution >= 4 is 23.5 Å². The van der Waals surface area contributed by atoms with Gasteiger partial charge in [-0.2, -0.15) is 0 Å². The van der Waals surface area contributed by atoms with Crippen LogP contribution in [0.4, 0.5) is 4.79 Å². The van der Waals surface area contributed by atoms with E-state index in [0.29, 0.717) is 18.0 Å². The first kappa shape index (κ1) is 12.9. The molecule has 1 atom stereocenters. The zero-order valence-corrected chi connectivity index (χ0v) is 10.9. The molecular weight excluding hydrogens is 252 g/mol. The third-order valence-electron chi connectivity index (χ3n) is 2.94. The van der Waals surface area contributed by atoms with Crippen molar-refractivity contribution < 1.29 is 9.59 Å². The average molecular weight is 267 g/mol. The molecule has 1 fully saturated rings. The van der Waals surface area contributed by atoms with E-state index in [4.69, 9.17) is 11.6 Å². The second-order valence-corrected chi connectivity index (χ2v) is 4.78. The summed E-state index contributed by atoms with van der Waals surface area (Å²) in [7, 11) is 0. The van der Waals surface area contributed by atoms with E-state index in [2.05, 4.69) is 5.32 Å². The summed E-state index contributed by atoms with van der Waals surface area (Å²) in [6, 6.07) is 6.45. The van der Waals surface area contributed by atoms with Gasteiger partial charge in [0.15, 0.2) is 0 Å². The molecule has 1 saturated heterocycles. The molecule has 1 aromatic rings. The third-order valence-corrected chi connectivity index (χ3v) is 3.19. The Balaban J connectivity index is 2.07. The van der Waals surface area contributed by atoms with Crippen LogP contribution in [0.15, 0.2) is 24.3 Å². The molecule has 1 N–H and O–H groups in total. The van der Waals surface area contributed by atoms with Crippen molar-refractivity contribution in [1.29, 1.82) is 0 Å². The van der Waals surface area contributed by atoms with E-state index in [-0.39, 0.29) is 18.0 Å². The van der Waals surface area contributed by atoms with Crippen LogP contribution >= 0.6 is 11.6 Å². The molecule has 3 amide bonds. The molecule has 0 unspecified atom stereocenters. The van der Waals surface area contributed by atoms with Gasteiger partial charge in [0.25, 0.3) is 5.91 Å². The zero-order chi connectivity index (χ0) is 13.1. The lowest BCUT2D eigenvalue weighted by molar-refractivity contribution is -0.128. The summed E-state index contributed by atoms with van der Waals surface area (Å²) in [4.78, 5) is 25.0. The van der Waals surface area contributed by atoms with E-state index in [1.54, 1.807) is 12.1 Å². The minimum atomic E-state index is -0.366. The van der Waals surface area contributed by atoms with Crippen molar-refractivity contribution in [2.45, 2.75) is 32.4 Å². The smallest absolute Gasteiger partial charge is 0.325 e. The van der Waals surface area contributed by atoms with Crippen molar-refractivity contribution in [3.63, 3.8) is 0 Å². The van der Waals surface area contributed by atoms with Crippen LogP contribution in [-0.4, -0.2) is 22.9 Å². The van der Waals surface area contributed by atoms with Gasteiger partial charge in [0, 0.05) is 5.02 Å². The van der Waals surface area contributed by atoms with Crippen LogP contribution in [0, 0.1) is 0 Å². The van der Waals surface area contributed by atoms with Gasteiger partial charge in [-0.15, -0.1) is 0 Å². The fourth-order valence-electron chi connectivity index (χ4n) is 1.98. The lowest BCUT2D eigenvalue weighted by atomic mass is 10.1. The number of amides is 3. The van der Waals surface area contributed by atoms with Gasteiger partial charge in [-0.25, -0.2) is 4.79 Å². The predicted molar refractivity (Wildman–Crippen MR) is 69.2 cm³/mol. The van der Waals surface area contributed by atoms with Crippen LogP contribution < -0.4 is 5.32 Å². The van der Waals surface area contributed by atoms with Crippen LogP contribution in [0.3, 0.4) is 0 Å². The summed E-state index contributed by atoms with van der Waals surface area (Å²) in [5, 5.41) is 3.34. The van der Waals surface area contributed by atoms with Crippen molar-refractivity contribution in [2.75, 3.05) is 0 Å². The Morgan fingerprint density at radius 1 is 1.28 bits per heavy atom. The number of carbonyl (C=O) groups is 2. The Hall–Kier alpha value is -1.55. The molecule has 0 aromatic heterocycles. The van der Waals surface area contributed by atoms with Gasteiger partial charge in [-0.1, -0.05) is 37.1 Å². The van der Waals surface area contributed by atoms with Crippen LogP contribution in [0.2, 0.25) is 5.02 Å². The number of nitrogens with one attached hydrogen (secondary N) is 1. The van der Waals surface area contributed by atoms with Crippen LogP contribution in [0.25, 0.3) is 0 Å². The molecule has 0 spiro atoms. The quantitative estimate of drug-likeness (QED) is 0.852. The van der Waals surface area contributed by atoms with Crippen molar-refractivity contribution in [3.8, 4) is 0 Å². The van der Waals surface area contributed by atoms with Gasteiger partial charge in [-0.3, -0.25) is 9.69 Å². The van der Waals surface area contributed by atoms with Gasteiger partial charge in [0.1, 0.15) is 6.04 Å². The summed E-state index contributed by atoms with van der Waals surface area (Å²) < 4.78 is 0. The first-order chi connectivity index (χ1) is 8.61. The highest BCUT2D eigenvalue weighted by Gasteiger charge is 2.36. The molecule has 1 aliphatic rings. The number of benzene rings is 1. The van der Waals surface area contributed by atoms with E-state index < -0.39 is 0 Å². The minimum absolute atomic E-state index is 0.142. The van der Waals surface area contributed by atoms with Gasteiger partial charge < -0.3 is 5.32 Å². The van der Waals surface area contributed by atoms with Crippen molar-refractivity contribution in [2.24, 2.45) is 0 Å². The molecule has 1 aliphatic heterocycles. The molecule has 18 heavy (non-hydrogen) atoms. The van der Waals surface area contributed by atoms with Crippen molar-refractivity contribution in [3.05, 3.63) is 34.9 Å². The maximum Gasteiger partial charge on any atom is 0.325 e. The topological polar surface area (TPSA) is 49.4 Å². The molecule has 0 bridgehead atoms. The Kier molecular flexibility index (Phi) is 3.87. The van der Waals surface area contributed by atoms with Crippen molar-refractivity contribution in [1.82, 2.24) is 10.2 Å². The number of hydrogen-bond acceptors (Lipinski definition) is 2. The summed E-state index contributed by atoms with van der Waals surface area (Å²) in [5.41, 5.74) is 0.889. The lowest BCUT2D eigenvalue weighted by Crippen LogP contribution is -2.30. The highest BCUT2D eigenvalue weighted by molar-refractivity contribution is 6.30. The van der Waals surface area contributed by atoms with Crippen LogP contribution in [-0.2, 0) is 11.3 Å². The minimum Gasteiger partial charge on any atom is -0.326 e. The highest BCUT2D eigenvalue weighted by Crippen LogP contribution is 2.16. The molecule has 5 heteroatoms. The lowest BCUT2D eigenvalue weighted by Gasteiger charge is -2.12. The second-order valence-electron chi connectivity index (χ2n) is 4.34. The number of nitrogens with zero attached hydrogens (tertiary/aromatic N) is 1. The predicted octanol–water partition coefficient (Wildman–Crippen LogP) is 2.56. The van der Waals surface area contributed by atoms with Crippen LogP contribution in [0.5, 0.6) is 0 Å². The first-order valence-electron chi connectivity index (χ1n) is 5.98. The summed E-state index contributed by atoms with van der Waals surface area (Å²) >= 11 is 5.79. The standard InChI is InChI=1S/C13H15ClN2O2/c1-2-3-11-12(17)16(13(18)15-11)8-9-4-6-10(14)7-5-9/h4-7,11H,2-3,8H2,1H3,(H,15,18)/t11-/m0/s1. The van der Waals surface area contributed by atoms with E-state index in [9.17, 15) is 9.59 Å². The van der Waals surface area contributed by atoms with Gasteiger partial charge >= 0.3 is 6.03 Å². The number of imide groups is 1. The summed E-state index contributed by atoms with van der Waals surface area (Å²) in [5.74, 6) is -0.142. The zero-order valence-electron chi connectivity index (χ0n) is 10.1. The molecule has 1 heterocycles. The molecule has 0 radical (unpaired) electrons. The summed E-state index contributed by atoms with van der Waals surface area (Å²) in [6.45, 7) is 2.28. The van der Waals surface area contributed by atoms with Gasteiger partial charge in [0.2, 0.25) is 0 Å². The van der Waals surface area contributed by atoms with Gasteiger partial charge in [0.05, 0.1) is 6.54 Å². The molecule has 2 rings (SSSR count). The molecule has 4 nitrogen and oxygen atoms in total. The van der Waals surface area contributed by atoms with E-state index in [1.165, 1.54) is 4.90 Å². The average Bonchev–Trinajstić information content (AvgIpc) is 2.60. The summed E-state index contributed by atoms with van der Waals surface area (Å²) in [6.07, 6.45) is 1.55. The van der Waals surface area contributed by atoms with E-state index >= 15 is 0 Å². The maximum atomic E-state index is 12.0. The fourth-order valence-corrected chi connectivity index (χ4v) is 2.11. The first-order valence-corrected chi connectivity index (χ1v) is 6.36. The Morgan fingerprint density at radius 3 is 2.56 bits per heavy atom. The molecule has 0 saturated carbocycles. The normalized spacial score (nSPS) is 19.2. The Morgan fingerprint density at radius 2 is 1.94 bits per heavy atom. The Bertz CT molecular complexity index is 459. The molecule has 0 aliphatic carbocycles. The number of rotatable bonds is 4. The molecule has 1 aromatic carbocycles. The highest BCUT2D eigenvalue weighted by atomic mass is 35.5. The number of hydrogen-bond donors (Lipinski definition) is 1. The third kappa shape index (κ3) is 2.64. The van der Waals surface area contributed by atoms with E-state index in [1.807, 2.05) is 19.1 Å². The number of halogens is 1. The van der Waals surface area contributed by atoms with E-state index in [0.717, 1.165) is 12.0 Å². The molecular formula is C13H15ClN2O2. The largest absolute Gasteiger partial charge is 0.326 e. The Labute approximate surface area is 111 Å². The fraction of sp³-hybridized carbons (Fsp3) is 0.385. The second kappa shape index (κ2) is 5.40. The maximum absolute atomic E-state index is 12.0. The monoisotopic (exact) mass is 266 g/mol.